The molecule has 0 saturated carbocycles. The highest BCUT2D eigenvalue weighted by atomic mass is 79.9. The van der Waals surface area contributed by atoms with E-state index < -0.39 is 0 Å². The molecule has 0 aliphatic carbocycles. The van der Waals surface area contributed by atoms with E-state index in [-0.39, 0.29) is 6.17 Å². The molecule has 0 saturated heterocycles. The van der Waals surface area contributed by atoms with Gasteiger partial charge in [0.05, 0.1) is 6.39 Å². The minimum atomic E-state index is 0.234. The molecule has 2 aromatic rings. The van der Waals surface area contributed by atoms with Crippen LogP contribution in [-0.2, 0) is 0 Å². The molecule has 0 aliphatic rings. The first-order chi connectivity index (χ1) is 6.68. The third-order valence-corrected chi connectivity index (χ3v) is 2.12. The van der Waals surface area contributed by atoms with Crippen LogP contribution in [0.25, 0.3) is 5.82 Å². The summed E-state index contributed by atoms with van der Waals surface area (Å²) in [5, 5.41) is 4.51. The van der Waals surface area contributed by atoms with E-state index in [4.69, 9.17) is 13.0 Å². The van der Waals surface area contributed by atoms with Crippen molar-refractivity contribution in [3.05, 3.63) is 40.2 Å². The van der Waals surface area contributed by atoms with Crippen molar-refractivity contribution in [2.45, 2.75) is 0 Å². The fourth-order valence-electron chi connectivity index (χ4n) is 0.909. The molecule has 5 heteroatoms. The number of pyridine rings is 1. The van der Waals surface area contributed by atoms with Gasteiger partial charge < -0.3 is 0 Å². The van der Waals surface area contributed by atoms with Crippen molar-refractivity contribution in [2.24, 2.45) is 0 Å². The Hall–Kier alpha value is -0.870. The van der Waals surface area contributed by atoms with Crippen molar-refractivity contribution in [1.29, 1.82) is 0 Å². The van der Waals surface area contributed by atoms with E-state index in [2.05, 4.69) is 26.0 Å². The van der Waals surface area contributed by atoms with Crippen molar-refractivity contribution in [3.63, 3.8) is 0 Å². The van der Waals surface area contributed by atoms with Crippen LogP contribution in [0.4, 0.5) is 0 Å². The molecule has 0 aromatic carbocycles. The van der Waals surface area contributed by atoms with Crippen molar-refractivity contribution < 1.29 is 1.37 Å². The van der Waals surface area contributed by atoms with E-state index in [0.29, 0.717) is 15.4 Å². The van der Waals surface area contributed by atoms with Crippen LogP contribution in [0.2, 0.25) is 5.02 Å². The number of aromatic nitrogens is 3. The van der Waals surface area contributed by atoms with E-state index in [1.165, 1.54) is 4.68 Å². The first-order valence-electron chi connectivity index (χ1n) is 4.01. The predicted molar refractivity (Wildman–Crippen MR) is 54.1 cm³/mol. The van der Waals surface area contributed by atoms with Gasteiger partial charge in [-0.3, -0.25) is 0 Å². The predicted octanol–water partition coefficient (Wildman–Crippen LogP) is 2.68. The summed E-state index contributed by atoms with van der Waals surface area (Å²) < 4.78 is 9.55. The second kappa shape index (κ2) is 3.47. The summed E-state index contributed by atoms with van der Waals surface area (Å²) in [5.74, 6) is 0.463. The Balaban J connectivity index is 2.60. The third-order valence-electron chi connectivity index (χ3n) is 1.44. The van der Waals surface area contributed by atoms with E-state index in [1.54, 1.807) is 24.4 Å². The fraction of sp³-hybridized carbons (Fsp3) is 0. The molecule has 2 rings (SSSR count). The molecule has 0 N–H and O–H groups in total. The fourth-order valence-corrected chi connectivity index (χ4v) is 1.37. The quantitative estimate of drug-likeness (QED) is 0.788. The zero-order chi connectivity index (χ0) is 10.1. The van der Waals surface area contributed by atoms with Gasteiger partial charge in [-0.05, 0) is 34.1 Å². The minimum absolute atomic E-state index is 0.234. The van der Waals surface area contributed by atoms with Crippen LogP contribution in [0, 0.1) is 0 Å². The van der Waals surface area contributed by atoms with Gasteiger partial charge in [0, 0.05) is 12.4 Å². The molecule has 0 aliphatic heterocycles. The molecular formula is C8H5BrClN3. The standard InChI is InChI=1S/C8H5BrClN3/c9-7-3-5-13(12-7)8-6(10)2-1-4-11-8/h1-5H/i5D. The van der Waals surface area contributed by atoms with Gasteiger partial charge in [0.25, 0.3) is 0 Å². The molecule has 0 fully saturated rings. The Kier molecular flexibility index (Phi) is 2.01. The lowest BCUT2D eigenvalue weighted by Crippen LogP contribution is -1.98. The van der Waals surface area contributed by atoms with E-state index in [1.807, 2.05) is 0 Å². The van der Waals surface area contributed by atoms with Crippen LogP contribution in [0.3, 0.4) is 0 Å². The average molecular weight is 260 g/mol. The number of nitrogens with zero attached hydrogens (tertiary/aromatic N) is 3. The van der Waals surface area contributed by atoms with Gasteiger partial charge in [-0.2, -0.15) is 5.10 Å². The average Bonchev–Trinajstić information content (AvgIpc) is 2.46. The summed E-state index contributed by atoms with van der Waals surface area (Å²) in [7, 11) is 0. The molecule has 2 aromatic heterocycles. The lowest BCUT2D eigenvalue weighted by Gasteiger charge is -2.00. The van der Waals surface area contributed by atoms with Gasteiger partial charge in [0.15, 0.2) is 5.82 Å². The Bertz CT molecular complexity index is 471. The Morgan fingerprint density at radius 3 is 3.00 bits per heavy atom. The molecule has 0 radical (unpaired) electrons. The normalized spacial score (nSPS) is 11.4. The summed E-state index contributed by atoms with van der Waals surface area (Å²) in [6, 6.07) is 5.01. The van der Waals surface area contributed by atoms with E-state index in [9.17, 15) is 0 Å². The van der Waals surface area contributed by atoms with Gasteiger partial charge in [-0.1, -0.05) is 11.6 Å². The highest BCUT2D eigenvalue weighted by Gasteiger charge is 2.03. The summed E-state index contributed by atoms with van der Waals surface area (Å²) in [5.41, 5.74) is 0. The second-order valence-corrected chi connectivity index (χ2v) is 3.54. The van der Waals surface area contributed by atoms with Gasteiger partial charge in [0.1, 0.15) is 4.60 Å². The molecule has 0 bridgehead atoms. The van der Waals surface area contributed by atoms with Gasteiger partial charge in [-0.25, -0.2) is 9.67 Å². The number of rotatable bonds is 1. The molecule has 3 nitrogen and oxygen atoms in total. The number of halogens is 2. The Labute approximate surface area is 89.9 Å². The second-order valence-electron chi connectivity index (χ2n) is 2.32. The van der Waals surface area contributed by atoms with Gasteiger partial charge in [-0.15, -0.1) is 0 Å². The van der Waals surface area contributed by atoms with Crippen molar-refractivity contribution in [2.75, 3.05) is 0 Å². The van der Waals surface area contributed by atoms with Crippen LogP contribution >= 0.6 is 27.5 Å². The van der Waals surface area contributed by atoms with Crippen molar-refractivity contribution in [3.8, 4) is 5.82 Å². The van der Waals surface area contributed by atoms with Crippen molar-refractivity contribution in [1.82, 2.24) is 14.8 Å². The van der Waals surface area contributed by atoms with E-state index in [0.717, 1.165) is 0 Å². The highest BCUT2D eigenvalue weighted by Crippen LogP contribution is 2.17. The van der Waals surface area contributed by atoms with Crippen LogP contribution in [-0.4, -0.2) is 14.8 Å². The Morgan fingerprint density at radius 1 is 1.54 bits per heavy atom. The summed E-state index contributed by atoms with van der Waals surface area (Å²) >= 11 is 9.10. The minimum Gasteiger partial charge on any atom is -0.236 e. The number of hydrogen-bond acceptors (Lipinski definition) is 2. The zero-order valence-corrected chi connectivity index (χ0v) is 8.75. The van der Waals surface area contributed by atoms with Gasteiger partial charge in [0.2, 0.25) is 0 Å². The molecule has 66 valence electrons. The highest BCUT2D eigenvalue weighted by molar-refractivity contribution is 9.10. The summed E-state index contributed by atoms with van der Waals surface area (Å²) in [6.45, 7) is 0. The van der Waals surface area contributed by atoms with E-state index >= 15 is 0 Å². The lowest BCUT2D eigenvalue weighted by molar-refractivity contribution is 0.839. The zero-order valence-electron chi connectivity index (χ0n) is 7.41. The monoisotopic (exact) mass is 258 g/mol. The maximum atomic E-state index is 7.60. The van der Waals surface area contributed by atoms with Crippen LogP contribution in [0.5, 0.6) is 0 Å². The first kappa shape index (κ1) is 7.53. The SMILES string of the molecule is [2H]c1cc(Br)nn1-c1ncccc1Cl. The molecule has 0 spiro atoms. The Morgan fingerprint density at radius 2 is 2.38 bits per heavy atom. The molecule has 0 unspecified atom stereocenters. The number of hydrogen-bond donors (Lipinski definition) is 0. The lowest BCUT2D eigenvalue weighted by atomic mass is 10.4. The summed E-state index contributed by atoms with van der Waals surface area (Å²) in [6.07, 6.45) is 1.84. The molecule has 0 amide bonds. The van der Waals surface area contributed by atoms with Crippen LogP contribution in [0.1, 0.15) is 1.37 Å². The third kappa shape index (κ3) is 1.73. The van der Waals surface area contributed by atoms with Crippen molar-refractivity contribution >= 4 is 27.5 Å². The first-order valence-corrected chi connectivity index (χ1v) is 4.68. The van der Waals surface area contributed by atoms with Crippen LogP contribution in [0.15, 0.2) is 35.2 Å². The largest absolute Gasteiger partial charge is 0.236 e. The maximum absolute atomic E-state index is 7.60. The summed E-state index contributed by atoms with van der Waals surface area (Å²) in [4.78, 5) is 4.05. The molecule has 0 atom stereocenters. The van der Waals surface area contributed by atoms with Crippen LogP contribution < -0.4 is 0 Å². The maximum Gasteiger partial charge on any atom is 0.172 e. The molecule has 2 heterocycles. The topological polar surface area (TPSA) is 30.7 Å². The smallest absolute Gasteiger partial charge is 0.172 e. The molecular weight excluding hydrogens is 253 g/mol. The van der Waals surface area contributed by atoms with Gasteiger partial charge >= 0.3 is 0 Å². The molecule has 13 heavy (non-hydrogen) atoms.